The molecule has 0 aliphatic rings. The topological polar surface area (TPSA) is 0 Å². The molecule has 0 rings (SSSR count). The van der Waals surface area contributed by atoms with Crippen molar-refractivity contribution in [2.24, 2.45) is 0 Å². The molecular formula is C19H42BrN. The van der Waals surface area contributed by atoms with Gasteiger partial charge in [0, 0.05) is 0 Å². The van der Waals surface area contributed by atoms with Crippen molar-refractivity contribution in [1.82, 2.24) is 0 Å². The summed E-state index contributed by atoms with van der Waals surface area (Å²) in [6.07, 6.45) is 18.6. The Morgan fingerprint density at radius 3 is 1.19 bits per heavy atom. The van der Waals surface area contributed by atoms with E-state index < -0.39 is 0 Å². The van der Waals surface area contributed by atoms with E-state index in [1.54, 1.807) is 0 Å². The van der Waals surface area contributed by atoms with Crippen molar-refractivity contribution in [1.29, 1.82) is 0 Å². The predicted molar refractivity (Wildman–Crippen MR) is 93.2 cm³/mol. The van der Waals surface area contributed by atoms with E-state index in [4.69, 9.17) is 0 Å². The zero-order chi connectivity index (χ0) is 15.1. The van der Waals surface area contributed by atoms with Gasteiger partial charge in [-0.25, -0.2) is 0 Å². The molecule has 0 bridgehead atoms. The number of halogens is 1. The lowest BCUT2D eigenvalue weighted by molar-refractivity contribution is -0.890. The van der Waals surface area contributed by atoms with E-state index in [1.807, 2.05) is 0 Å². The number of unbranched alkanes of at least 4 members (excludes halogenated alkanes) is 11. The number of hydrogen-bond donors (Lipinski definition) is 0. The average molecular weight is 364 g/mol. The highest BCUT2D eigenvalue weighted by Gasteiger charge is 2.13. The van der Waals surface area contributed by atoms with Gasteiger partial charge in [-0.1, -0.05) is 71.6 Å². The molecular weight excluding hydrogens is 322 g/mol. The first-order chi connectivity index (χ1) is 9.62. The first kappa shape index (κ1) is 23.7. The first-order valence-corrected chi connectivity index (χ1v) is 9.44. The highest BCUT2D eigenvalue weighted by atomic mass is 79.9. The molecule has 0 aromatic heterocycles. The van der Waals surface area contributed by atoms with Crippen LogP contribution in [0.4, 0.5) is 0 Å². The fourth-order valence-corrected chi connectivity index (χ4v) is 2.93. The van der Waals surface area contributed by atoms with Crippen molar-refractivity contribution >= 4 is 0 Å². The second kappa shape index (κ2) is 16.8. The molecule has 0 aliphatic carbocycles. The van der Waals surface area contributed by atoms with Gasteiger partial charge in [0.1, 0.15) is 0 Å². The molecule has 0 spiro atoms. The van der Waals surface area contributed by atoms with Crippen molar-refractivity contribution in [2.75, 3.05) is 27.2 Å². The normalized spacial score (nSPS) is 11.4. The second-order valence-electron chi connectivity index (χ2n) is 7.27. The summed E-state index contributed by atoms with van der Waals surface area (Å²) in [5.74, 6) is 0. The zero-order valence-corrected chi connectivity index (χ0v) is 17.0. The van der Waals surface area contributed by atoms with Crippen LogP contribution in [-0.4, -0.2) is 31.7 Å². The van der Waals surface area contributed by atoms with Crippen LogP contribution in [0.3, 0.4) is 0 Å². The van der Waals surface area contributed by atoms with E-state index in [0.29, 0.717) is 0 Å². The van der Waals surface area contributed by atoms with Crippen LogP contribution in [0.25, 0.3) is 0 Å². The molecule has 0 fully saturated rings. The number of quaternary nitrogens is 1. The summed E-state index contributed by atoms with van der Waals surface area (Å²) in [4.78, 5) is 0. The third-order valence-electron chi connectivity index (χ3n) is 4.48. The quantitative estimate of drug-likeness (QED) is 0.309. The number of nitrogens with zero attached hydrogens (tertiary/aromatic N) is 1. The van der Waals surface area contributed by atoms with Gasteiger partial charge in [0.25, 0.3) is 0 Å². The van der Waals surface area contributed by atoms with Gasteiger partial charge in [0.15, 0.2) is 0 Å². The summed E-state index contributed by atoms with van der Waals surface area (Å²) < 4.78 is 1.23. The van der Waals surface area contributed by atoms with Gasteiger partial charge in [0.2, 0.25) is 0 Å². The third-order valence-corrected chi connectivity index (χ3v) is 4.48. The Kier molecular flexibility index (Phi) is 19.0. The minimum Gasteiger partial charge on any atom is -1.00 e. The summed E-state index contributed by atoms with van der Waals surface area (Å²) in [6.45, 7) is 7.33. The van der Waals surface area contributed by atoms with Crippen molar-refractivity contribution in [2.45, 2.75) is 97.3 Å². The number of hydrogen-bond acceptors (Lipinski definition) is 0. The molecule has 0 aliphatic heterocycles. The maximum Gasteiger partial charge on any atom is 0.0782 e. The Morgan fingerprint density at radius 2 is 0.762 bits per heavy atom. The first-order valence-electron chi connectivity index (χ1n) is 9.44. The summed E-state index contributed by atoms with van der Waals surface area (Å²) in [5.41, 5.74) is 0. The molecule has 0 N–H and O–H groups in total. The van der Waals surface area contributed by atoms with Crippen molar-refractivity contribution in [3.8, 4) is 0 Å². The smallest absolute Gasteiger partial charge is 0.0782 e. The molecule has 21 heavy (non-hydrogen) atoms. The van der Waals surface area contributed by atoms with Gasteiger partial charge in [0.05, 0.1) is 27.2 Å². The fraction of sp³-hybridized carbons (Fsp3) is 1.00. The van der Waals surface area contributed by atoms with Crippen LogP contribution < -0.4 is 17.0 Å². The molecule has 0 unspecified atom stereocenters. The van der Waals surface area contributed by atoms with E-state index in [-0.39, 0.29) is 17.0 Å². The van der Waals surface area contributed by atoms with E-state index in [2.05, 4.69) is 27.9 Å². The summed E-state index contributed by atoms with van der Waals surface area (Å²) in [6, 6.07) is 0. The van der Waals surface area contributed by atoms with Gasteiger partial charge < -0.3 is 21.5 Å². The zero-order valence-electron chi connectivity index (χ0n) is 15.4. The maximum atomic E-state index is 2.41. The SMILES string of the molecule is CCCCCCCCCCCC[N+](C)(C)CCCCC.[Br-]. The summed E-state index contributed by atoms with van der Waals surface area (Å²) in [5, 5.41) is 0. The molecule has 0 saturated heterocycles. The molecule has 0 amide bonds. The molecule has 0 heterocycles. The third kappa shape index (κ3) is 18.4. The molecule has 130 valence electrons. The highest BCUT2D eigenvalue weighted by Crippen LogP contribution is 2.12. The predicted octanol–water partition coefficient (Wildman–Crippen LogP) is 3.18. The van der Waals surface area contributed by atoms with Gasteiger partial charge in [-0.2, -0.15) is 0 Å². The standard InChI is InChI=1S/C19H42N.BrH/c1-5-7-9-10-11-12-13-14-15-17-19-20(3,4)18-16-8-6-2;/h5-19H2,1-4H3;1H/q+1;/p-1. The minimum atomic E-state index is 0. The van der Waals surface area contributed by atoms with Crippen LogP contribution in [-0.2, 0) is 0 Å². The Balaban J connectivity index is 0. The van der Waals surface area contributed by atoms with Crippen molar-refractivity contribution < 1.29 is 21.5 Å². The number of rotatable bonds is 15. The van der Waals surface area contributed by atoms with E-state index in [9.17, 15) is 0 Å². The molecule has 0 aromatic rings. The maximum absolute atomic E-state index is 2.41. The highest BCUT2D eigenvalue weighted by molar-refractivity contribution is 4.48. The van der Waals surface area contributed by atoms with E-state index in [1.165, 1.54) is 101 Å². The Hall–Kier alpha value is 0.440. The molecule has 0 aromatic carbocycles. The lowest BCUT2D eigenvalue weighted by Crippen LogP contribution is -3.00. The Morgan fingerprint density at radius 1 is 0.476 bits per heavy atom. The molecule has 0 atom stereocenters. The van der Waals surface area contributed by atoms with Gasteiger partial charge in [-0.3, -0.25) is 0 Å². The molecule has 2 heteroatoms. The van der Waals surface area contributed by atoms with Gasteiger partial charge in [-0.05, 0) is 25.7 Å². The molecule has 0 saturated carbocycles. The summed E-state index contributed by atoms with van der Waals surface area (Å²) in [7, 11) is 4.81. The van der Waals surface area contributed by atoms with Gasteiger partial charge in [-0.15, -0.1) is 0 Å². The Labute approximate surface area is 146 Å². The lowest BCUT2D eigenvalue weighted by atomic mass is 10.1. The Bertz CT molecular complexity index is 192. The van der Waals surface area contributed by atoms with Crippen molar-refractivity contribution in [3.63, 3.8) is 0 Å². The summed E-state index contributed by atoms with van der Waals surface area (Å²) >= 11 is 0. The fourth-order valence-electron chi connectivity index (χ4n) is 2.93. The molecule has 1 nitrogen and oxygen atoms in total. The van der Waals surface area contributed by atoms with Crippen LogP contribution in [0.2, 0.25) is 0 Å². The minimum absolute atomic E-state index is 0. The monoisotopic (exact) mass is 363 g/mol. The average Bonchev–Trinajstić information content (AvgIpc) is 2.41. The largest absolute Gasteiger partial charge is 1.00 e. The van der Waals surface area contributed by atoms with Crippen molar-refractivity contribution in [3.05, 3.63) is 0 Å². The van der Waals surface area contributed by atoms with Crippen LogP contribution in [0, 0.1) is 0 Å². The van der Waals surface area contributed by atoms with Crippen LogP contribution in [0.1, 0.15) is 97.3 Å². The molecule has 0 radical (unpaired) electrons. The second-order valence-corrected chi connectivity index (χ2v) is 7.27. The van der Waals surface area contributed by atoms with E-state index >= 15 is 0 Å². The van der Waals surface area contributed by atoms with Gasteiger partial charge >= 0.3 is 0 Å². The van der Waals surface area contributed by atoms with Crippen LogP contribution >= 0.6 is 0 Å². The van der Waals surface area contributed by atoms with E-state index in [0.717, 1.165) is 0 Å². The lowest BCUT2D eigenvalue weighted by Gasteiger charge is -2.29. The van der Waals surface area contributed by atoms with Crippen LogP contribution in [0.5, 0.6) is 0 Å². The van der Waals surface area contributed by atoms with Crippen LogP contribution in [0.15, 0.2) is 0 Å².